The zero-order chi connectivity index (χ0) is 19.2. The zero-order valence-corrected chi connectivity index (χ0v) is 15.7. The molecule has 0 saturated heterocycles. The van der Waals surface area contributed by atoms with E-state index in [1.54, 1.807) is 24.5 Å². The summed E-state index contributed by atoms with van der Waals surface area (Å²) in [6.45, 7) is 3.19. The van der Waals surface area contributed by atoms with Crippen LogP contribution in [0.3, 0.4) is 0 Å². The van der Waals surface area contributed by atoms with Crippen LogP contribution in [0.1, 0.15) is 16.2 Å². The number of para-hydroxylation sites is 1. The van der Waals surface area contributed by atoms with Crippen molar-refractivity contribution in [2.75, 3.05) is 32.6 Å². The molecule has 1 N–H and O–H groups in total. The monoisotopic (exact) mass is 365 g/mol. The van der Waals surface area contributed by atoms with Crippen molar-refractivity contribution in [2.24, 2.45) is 0 Å². The number of carbonyl (C=O) groups excluding carboxylic acids is 1. The second-order valence-corrected chi connectivity index (χ2v) is 6.35. The molecule has 0 aliphatic rings. The SMILES string of the molecule is Cc1nccn1-c1ccc(NC(=O)c2ccccc2OCCN(C)C)cn1. The Hall–Kier alpha value is -3.19. The summed E-state index contributed by atoms with van der Waals surface area (Å²) in [5.41, 5.74) is 1.11. The molecule has 0 saturated carbocycles. The number of hydrogen-bond acceptors (Lipinski definition) is 5. The Morgan fingerprint density at radius 1 is 1.19 bits per heavy atom. The molecule has 0 aliphatic carbocycles. The van der Waals surface area contributed by atoms with E-state index in [4.69, 9.17) is 4.74 Å². The van der Waals surface area contributed by atoms with E-state index in [9.17, 15) is 4.79 Å². The van der Waals surface area contributed by atoms with E-state index in [0.29, 0.717) is 23.6 Å². The van der Waals surface area contributed by atoms with E-state index < -0.39 is 0 Å². The minimum Gasteiger partial charge on any atom is -0.491 e. The Morgan fingerprint density at radius 3 is 2.67 bits per heavy atom. The Morgan fingerprint density at radius 2 is 2.00 bits per heavy atom. The van der Waals surface area contributed by atoms with Crippen molar-refractivity contribution in [3.63, 3.8) is 0 Å². The average Bonchev–Trinajstić information content (AvgIpc) is 3.08. The van der Waals surface area contributed by atoms with Crippen LogP contribution in [-0.2, 0) is 0 Å². The van der Waals surface area contributed by atoms with Crippen molar-refractivity contribution in [2.45, 2.75) is 6.92 Å². The van der Waals surface area contributed by atoms with Gasteiger partial charge in [0.15, 0.2) is 0 Å². The molecular formula is C20H23N5O2. The number of hydrogen-bond donors (Lipinski definition) is 1. The number of pyridine rings is 1. The Bertz CT molecular complexity index is 903. The molecular weight excluding hydrogens is 342 g/mol. The molecule has 0 atom stereocenters. The molecule has 0 spiro atoms. The lowest BCUT2D eigenvalue weighted by Gasteiger charge is -2.14. The summed E-state index contributed by atoms with van der Waals surface area (Å²) in [6, 6.07) is 10.9. The highest BCUT2D eigenvalue weighted by atomic mass is 16.5. The predicted octanol–water partition coefficient (Wildman–Crippen LogP) is 2.77. The van der Waals surface area contributed by atoms with Crippen LogP contribution in [0.25, 0.3) is 5.82 Å². The average molecular weight is 365 g/mol. The number of ether oxygens (including phenoxy) is 1. The van der Waals surface area contributed by atoms with Gasteiger partial charge < -0.3 is 15.0 Å². The van der Waals surface area contributed by atoms with Crippen LogP contribution >= 0.6 is 0 Å². The van der Waals surface area contributed by atoms with Gasteiger partial charge in [-0.3, -0.25) is 9.36 Å². The van der Waals surface area contributed by atoms with Crippen LogP contribution in [0, 0.1) is 6.92 Å². The topological polar surface area (TPSA) is 72.3 Å². The molecule has 0 bridgehead atoms. The Kier molecular flexibility index (Phi) is 5.83. The van der Waals surface area contributed by atoms with Gasteiger partial charge >= 0.3 is 0 Å². The third kappa shape index (κ3) is 4.71. The molecule has 0 fully saturated rings. The molecule has 2 heterocycles. The van der Waals surface area contributed by atoms with Crippen molar-refractivity contribution in [1.82, 2.24) is 19.4 Å². The minimum atomic E-state index is -0.233. The highest BCUT2D eigenvalue weighted by molar-refractivity contribution is 6.06. The molecule has 3 rings (SSSR count). The fraction of sp³-hybridized carbons (Fsp3) is 0.250. The third-order valence-electron chi connectivity index (χ3n) is 4.01. The lowest BCUT2D eigenvalue weighted by Crippen LogP contribution is -2.20. The molecule has 140 valence electrons. The number of amides is 1. The number of nitrogens with one attached hydrogen (secondary N) is 1. The van der Waals surface area contributed by atoms with Crippen LogP contribution in [-0.4, -0.2) is 52.6 Å². The first-order valence-electron chi connectivity index (χ1n) is 8.69. The van der Waals surface area contributed by atoms with Crippen LogP contribution in [0.4, 0.5) is 5.69 Å². The summed E-state index contributed by atoms with van der Waals surface area (Å²) < 4.78 is 7.63. The summed E-state index contributed by atoms with van der Waals surface area (Å²) in [5.74, 6) is 1.93. The molecule has 2 aromatic heterocycles. The van der Waals surface area contributed by atoms with Crippen LogP contribution in [0.15, 0.2) is 55.0 Å². The van der Waals surface area contributed by atoms with Crippen LogP contribution < -0.4 is 10.1 Å². The van der Waals surface area contributed by atoms with Crippen LogP contribution in [0.5, 0.6) is 5.75 Å². The largest absolute Gasteiger partial charge is 0.491 e. The van der Waals surface area contributed by atoms with Gasteiger partial charge in [-0.15, -0.1) is 0 Å². The minimum absolute atomic E-state index is 0.233. The molecule has 27 heavy (non-hydrogen) atoms. The molecule has 3 aromatic rings. The third-order valence-corrected chi connectivity index (χ3v) is 4.01. The molecule has 0 unspecified atom stereocenters. The highest BCUT2D eigenvalue weighted by Gasteiger charge is 2.13. The van der Waals surface area contributed by atoms with Gasteiger partial charge in [0.2, 0.25) is 0 Å². The summed E-state index contributed by atoms with van der Waals surface area (Å²) >= 11 is 0. The maximum Gasteiger partial charge on any atom is 0.259 e. The van der Waals surface area contributed by atoms with E-state index in [-0.39, 0.29) is 5.91 Å². The van der Waals surface area contributed by atoms with Gasteiger partial charge in [0.05, 0.1) is 17.4 Å². The van der Waals surface area contributed by atoms with E-state index >= 15 is 0 Å². The van der Waals surface area contributed by atoms with E-state index in [0.717, 1.165) is 18.2 Å². The Balaban J connectivity index is 1.69. The van der Waals surface area contributed by atoms with Gasteiger partial charge in [0, 0.05) is 18.9 Å². The van der Waals surface area contributed by atoms with Crippen LogP contribution in [0.2, 0.25) is 0 Å². The molecule has 7 nitrogen and oxygen atoms in total. The quantitative estimate of drug-likeness (QED) is 0.697. The molecule has 7 heteroatoms. The maximum atomic E-state index is 12.7. The van der Waals surface area contributed by atoms with Gasteiger partial charge in [0.1, 0.15) is 24.0 Å². The number of carbonyl (C=O) groups is 1. The zero-order valence-electron chi connectivity index (χ0n) is 15.7. The number of imidazole rings is 1. The Labute approximate surface area is 158 Å². The van der Waals surface area contributed by atoms with Gasteiger partial charge in [-0.25, -0.2) is 9.97 Å². The van der Waals surface area contributed by atoms with Crippen molar-refractivity contribution < 1.29 is 9.53 Å². The smallest absolute Gasteiger partial charge is 0.259 e. The first kappa shape index (κ1) is 18.6. The second-order valence-electron chi connectivity index (χ2n) is 6.35. The van der Waals surface area contributed by atoms with Gasteiger partial charge in [-0.2, -0.15) is 0 Å². The van der Waals surface area contributed by atoms with Gasteiger partial charge in [-0.1, -0.05) is 12.1 Å². The maximum absolute atomic E-state index is 12.7. The summed E-state index contributed by atoms with van der Waals surface area (Å²) in [7, 11) is 3.95. The number of anilines is 1. The predicted molar refractivity (Wildman–Crippen MR) is 105 cm³/mol. The van der Waals surface area contributed by atoms with Crippen molar-refractivity contribution in [3.05, 3.63) is 66.4 Å². The number of aryl methyl sites for hydroxylation is 1. The lowest BCUT2D eigenvalue weighted by atomic mass is 10.2. The first-order valence-corrected chi connectivity index (χ1v) is 8.69. The highest BCUT2D eigenvalue weighted by Crippen LogP contribution is 2.20. The van der Waals surface area contributed by atoms with Gasteiger partial charge in [0.25, 0.3) is 5.91 Å². The summed E-state index contributed by atoms with van der Waals surface area (Å²) in [5, 5.41) is 2.87. The van der Waals surface area contributed by atoms with E-state index in [2.05, 4.69) is 15.3 Å². The van der Waals surface area contributed by atoms with Gasteiger partial charge in [-0.05, 0) is 45.3 Å². The number of rotatable bonds is 7. The fourth-order valence-corrected chi connectivity index (χ4v) is 2.54. The number of aromatic nitrogens is 3. The molecule has 0 radical (unpaired) electrons. The number of nitrogens with zero attached hydrogens (tertiary/aromatic N) is 4. The van der Waals surface area contributed by atoms with Crippen molar-refractivity contribution >= 4 is 11.6 Å². The molecule has 1 amide bonds. The van der Waals surface area contributed by atoms with E-state index in [1.807, 2.05) is 60.9 Å². The summed E-state index contributed by atoms with van der Waals surface area (Å²) in [4.78, 5) is 23.3. The normalized spacial score (nSPS) is 10.8. The number of benzene rings is 1. The summed E-state index contributed by atoms with van der Waals surface area (Å²) in [6.07, 6.45) is 5.19. The second kappa shape index (κ2) is 8.46. The molecule has 1 aromatic carbocycles. The molecule has 0 aliphatic heterocycles. The number of likely N-dealkylation sites (N-methyl/N-ethyl adjacent to an activating group) is 1. The standard InChI is InChI=1S/C20H23N5O2/c1-15-21-10-11-25(15)19-9-8-16(14-22-19)23-20(26)17-6-4-5-7-18(17)27-13-12-24(2)3/h4-11,14H,12-13H2,1-3H3,(H,23,26). The first-order chi connectivity index (χ1) is 13.0. The lowest BCUT2D eigenvalue weighted by molar-refractivity contribution is 0.102. The van der Waals surface area contributed by atoms with E-state index in [1.165, 1.54) is 0 Å². The fourth-order valence-electron chi connectivity index (χ4n) is 2.54. The van der Waals surface area contributed by atoms with Crippen molar-refractivity contribution in [3.8, 4) is 11.6 Å². The van der Waals surface area contributed by atoms with Crippen molar-refractivity contribution in [1.29, 1.82) is 0 Å².